The average molecular weight is 272 g/mol. The minimum absolute atomic E-state index is 0.00111. The van der Waals surface area contributed by atoms with Crippen molar-refractivity contribution in [3.8, 4) is 0 Å². The summed E-state index contributed by atoms with van der Waals surface area (Å²) in [6.07, 6.45) is 6.07. The van der Waals surface area contributed by atoms with Gasteiger partial charge in [0.25, 0.3) is 0 Å². The summed E-state index contributed by atoms with van der Waals surface area (Å²) in [6.45, 7) is 2.23. The van der Waals surface area contributed by atoms with Crippen LogP contribution in [0.15, 0.2) is 18.2 Å². The highest BCUT2D eigenvalue weighted by atomic mass is 35.5. The van der Waals surface area contributed by atoms with Gasteiger partial charge in [0, 0.05) is 6.04 Å². The number of hydrogen-bond donors (Lipinski definition) is 1. The molecule has 1 aromatic rings. The Morgan fingerprint density at radius 3 is 2.53 bits per heavy atom. The van der Waals surface area contributed by atoms with Crippen molar-refractivity contribution in [3.05, 3.63) is 33.8 Å². The minimum atomic E-state index is 0.00111. The van der Waals surface area contributed by atoms with Crippen molar-refractivity contribution in [3.63, 3.8) is 0 Å². The van der Waals surface area contributed by atoms with Crippen molar-refractivity contribution in [1.29, 1.82) is 0 Å². The summed E-state index contributed by atoms with van der Waals surface area (Å²) in [5.74, 6) is 0. The number of rotatable bonds is 3. The molecule has 0 heterocycles. The van der Waals surface area contributed by atoms with Crippen molar-refractivity contribution in [2.75, 3.05) is 0 Å². The molecule has 0 aliphatic heterocycles. The molecular weight excluding hydrogens is 253 g/mol. The van der Waals surface area contributed by atoms with Crippen LogP contribution in [-0.4, -0.2) is 0 Å². The van der Waals surface area contributed by atoms with Crippen LogP contribution >= 0.6 is 23.2 Å². The molecule has 1 unspecified atom stereocenters. The van der Waals surface area contributed by atoms with Gasteiger partial charge in [-0.25, -0.2) is 0 Å². The van der Waals surface area contributed by atoms with Crippen LogP contribution in [0.2, 0.25) is 10.0 Å². The normalized spacial score (nSPS) is 20.5. The lowest BCUT2D eigenvalue weighted by Crippen LogP contribution is -2.31. The van der Waals surface area contributed by atoms with Crippen LogP contribution in [-0.2, 0) is 0 Å². The lowest BCUT2D eigenvalue weighted by molar-refractivity contribution is 0.222. The minimum Gasteiger partial charge on any atom is -0.323 e. The molecule has 0 aromatic heterocycles. The summed E-state index contributed by atoms with van der Waals surface area (Å²) in [5, 5.41) is 1.23. The van der Waals surface area contributed by atoms with Crippen LogP contribution in [0, 0.1) is 5.41 Å². The van der Waals surface area contributed by atoms with Gasteiger partial charge in [-0.3, -0.25) is 0 Å². The van der Waals surface area contributed by atoms with Gasteiger partial charge in [0.05, 0.1) is 10.0 Å². The maximum atomic E-state index is 6.47. The van der Waals surface area contributed by atoms with E-state index in [0.717, 1.165) is 12.0 Å². The van der Waals surface area contributed by atoms with E-state index in [-0.39, 0.29) is 11.5 Å². The van der Waals surface area contributed by atoms with Gasteiger partial charge in [0.1, 0.15) is 0 Å². The number of hydrogen-bond acceptors (Lipinski definition) is 1. The van der Waals surface area contributed by atoms with Crippen LogP contribution < -0.4 is 5.73 Å². The van der Waals surface area contributed by atoms with Crippen molar-refractivity contribution >= 4 is 23.2 Å². The molecule has 1 aliphatic rings. The van der Waals surface area contributed by atoms with Gasteiger partial charge in [-0.1, -0.05) is 55.1 Å². The third-order valence-corrected chi connectivity index (χ3v) is 5.11. The second-order valence-electron chi connectivity index (χ2n) is 5.04. The molecule has 1 atom stereocenters. The van der Waals surface area contributed by atoms with Crippen molar-refractivity contribution in [2.24, 2.45) is 11.1 Å². The van der Waals surface area contributed by atoms with Crippen molar-refractivity contribution in [1.82, 2.24) is 0 Å². The molecule has 94 valence electrons. The van der Waals surface area contributed by atoms with Crippen LogP contribution in [0.4, 0.5) is 0 Å². The van der Waals surface area contributed by atoms with Gasteiger partial charge in [0.15, 0.2) is 0 Å². The summed E-state index contributed by atoms with van der Waals surface area (Å²) in [6, 6.07) is 5.75. The largest absolute Gasteiger partial charge is 0.323 e. The molecule has 0 amide bonds. The van der Waals surface area contributed by atoms with E-state index in [9.17, 15) is 0 Å². The molecule has 0 bridgehead atoms. The maximum absolute atomic E-state index is 6.47. The highest BCUT2D eigenvalue weighted by Crippen LogP contribution is 2.50. The van der Waals surface area contributed by atoms with Gasteiger partial charge >= 0.3 is 0 Å². The molecule has 2 rings (SSSR count). The highest BCUT2D eigenvalue weighted by Gasteiger charge is 2.39. The first-order valence-electron chi connectivity index (χ1n) is 6.30. The Bertz CT molecular complexity index is 397. The standard InChI is InChI=1S/C14H19Cl2N/c1-2-14(8-3-4-9-14)13(17)10-6-5-7-11(15)12(10)16/h5-7,13H,2-4,8-9,17H2,1H3. The molecule has 0 saturated heterocycles. The molecule has 1 aromatic carbocycles. The van der Waals surface area contributed by atoms with Crippen LogP contribution in [0.25, 0.3) is 0 Å². The fourth-order valence-electron chi connectivity index (χ4n) is 3.05. The quantitative estimate of drug-likeness (QED) is 0.826. The molecule has 3 heteroatoms. The monoisotopic (exact) mass is 271 g/mol. The molecule has 1 nitrogen and oxygen atoms in total. The Balaban J connectivity index is 2.35. The Hall–Kier alpha value is -0.240. The Morgan fingerprint density at radius 2 is 1.94 bits per heavy atom. The SMILES string of the molecule is CCC1(C(N)c2cccc(Cl)c2Cl)CCCC1. The zero-order valence-corrected chi connectivity index (χ0v) is 11.7. The van der Waals surface area contributed by atoms with E-state index in [2.05, 4.69) is 6.92 Å². The van der Waals surface area contributed by atoms with Crippen LogP contribution in [0.5, 0.6) is 0 Å². The van der Waals surface area contributed by atoms with Crippen LogP contribution in [0.1, 0.15) is 50.6 Å². The predicted octanol–water partition coefficient (Wildman–Crippen LogP) is 4.96. The Labute approximate surface area is 113 Å². The molecule has 0 radical (unpaired) electrons. The highest BCUT2D eigenvalue weighted by molar-refractivity contribution is 6.42. The first-order valence-corrected chi connectivity index (χ1v) is 7.06. The smallest absolute Gasteiger partial charge is 0.0640 e. The van der Waals surface area contributed by atoms with Gasteiger partial charge in [-0.05, 0) is 36.3 Å². The summed E-state index contributed by atoms with van der Waals surface area (Å²) in [4.78, 5) is 0. The fraction of sp³-hybridized carbons (Fsp3) is 0.571. The van der Waals surface area contributed by atoms with Gasteiger partial charge in [-0.15, -0.1) is 0 Å². The molecule has 0 spiro atoms. The third-order valence-electron chi connectivity index (χ3n) is 4.28. The molecule has 1 saturated carbocycles. The van der Waals surface area contributed by atoms with E-state index in [4.69, 9.17) is 28.9 Å². The zero-order valence-electron chi connectivity index (χ0n) is 10.2. The van der Waals surface area contributed by atoms with E-state index in [1.54, 1.807) is 0 Å². The zero-order chi connectivity index (χ0) is 12.5. The second kappa shape index (κ2) is 5.17. The number of halogens is 2. The lowest BCUT2D eigenvalue weighted by Gasteiger charge is -2.35. The maximum Gasteiger partial charge on any atom is 0.0640 e. The molecule has 1 aliphatic carbocycles. The van der Waals surface area contributed by atoms with E-state index >= 15 is 0 Å². The average Bonchev–Trinajstić information content (AvgIpc) is 2.82. The lowest BCUT2D eigenvalue weighted by atomic mass is 9.74. The predicted molar refractivity (Wildman–Crippen MR) is 74.6 cm³/mol. The Morgan fingerprint density at radius 1 is 1.29 bits per heavy atom. The van der Waals surface area contributed by atoms with Gasteiger partial charge < -0.3 is 5.73 Å². The van der Waals surface area contributed by atoms with Gasteiger partial charge in [-0.2, -0.15) is 0 Å². The van der Waals surface area contributed by atoms with Crippen LogP contribution in [0.3, 0.4) is 0 Å². The van der Waals surface area contributed by atoms with E-state index in [1.165, 1.54) is 25.7 Å². The Kier molecular flexibility index (Phi) is 4.02. The molecule has 2 N–H and O–H groups in total. The molecular formula is C14H19Cl2N. The molecule has 1 fully saturated rings. The summed E-state index contributed by atoms with van der Waals surface area (Å²) < 4.78 is 0. The van der Waals surface area contributed by atoms with Gasteiger partial charge in [0.2, 0.25) is 0 Å². The molecule has 17 heavy (non-hydrogen) atoms. The van der Waals surface area contributed by atoms with E-state index < -0.39 is 0 Å². The van der Waals surface area contributed by atoms with Crippen molar-refractivity contribution < 1.29 is 0 Å². The first kappa shape index (κ1) is 13.2. The first-order chi connectivity index (χ1) is 8.10. The topological polar surface area (TPSA) is 26.0 Å². The third kappa shape index (κ3) is 2.33. The van der Waals surface area contributed by atoms with Crippen molar-refractivity contribution in [2.45, 2.75) is 45.1 Å². The second-order valence-corrected chi connectivity index (χ2v) is 5.83. The summed E-state index contributed by atoms with van der Waals surface area (Å²) >= 11 is 12.3. The van der Waals surface area contributed by atoms with E-state index in [1.807, 2.05) is 18.2 Å². The fourth-order valence-corrected chi connectivity index (χ4v) is 3.48. The number of benzene rings is 1. The van der Waals surface area contributed by atoms with E-state index in [0.29, 0.717) is 10.0 Å². The summed E-state index contributed by atoms with van der Waals surface area (Å²) in [7, 11) is 0. The number of nitrogens with two attached hydrogens (primary N) is 1. The summed E-state index contributed by atoms with van der Waals surface area (Å²) in [5.41, 5.74) is 7.69.